The van der Waals surface area contributed by atoms with Gasteiger partial charge in [0.15, 0.2) is 6.10 Å². The van der Waals surface area contributed by atoms with E-state index in [-0.39, 0.29) is 11.5 Å². The lowest BCUT2D eigenvalue weighted by Gasteiger charge is -2.22. The minimum atomic E-state index is -0.716. The van der Waals surface area contributed by atoms with Crippen LogP contribution in [0.15, 0.2) is 46.3 Å². The summed E-state index contributed by atoms with van der Waals surface area (Å²) in [6.45, 7) is 1.65. The Hall–Kier alpha value is -2.02. The first kappa shape index (κ1) is 25.1. The molecule has 178 valence electrons. The zero-order valence-electron chi connectivity index (χ0n) is 19.0. The summed E-state index contributed by atoms with van der Waals surface area (Å²) in [4.78, 5) is 30.0. The number of methoxy groups -OCH3 is 1. The zero-order chi connectivity index (χ0) is 24.2. The molecule has 1 atom stereocenters. The van der Waals surface area contributed by atoms with E-state index < -0.39 is 12.1 Å². The summed E-state index contributed by atoms with van der Waals surface area (Å²) in [5.41, 5.74) is 1.38. The quantitative estimate of drug-likeness (QED) is 0.195. The van der Waals surface area contributed by atoms with Gasteiger partial charge in [0.25, 0.3) is 5.56 Å². The molecule has 7 nitrogen and oxygen atoms in total. The molecule has 0 aliphatic heterocycles. The molecule has 0 saturated heterocycles. The fraction of sp³-hybridized carbons (Fsp3) is 0.360. The van der Waals surface area contributed by atoms with Gasteiger partial charge in [0.2, 0.25) is 0 Å². The van der Waals surface area contributed by atoms with Gasteiger partial charge in [-0.3, -0.25) is 4.79 Å². The third kappa shape index (κ3) is 5.45. The van der Waals surface area contributed by atoms with Crippen molar-refractivity contribution in [1.82, 2.24) is 9.66 Å². The number of aromatic nitrogens is 2. The standard InChI is InChI=1S/C25H25I2N3O4/c1-15(25(32)33-2)34-22-19(26)12-16(13-20(22)27)14-28-30-23(17-8-4-3-5-9-17)29-21-11-7-6-10-18(21)24(30)31/h6-7,10-15,17H,3-5,8-9H2,1-2H3/t15-/m0/s1. The topological polar surface area (TPSA) is 82.8 Å². The highest BCUT2D eigenvalue weighted by Gasteiger charge is 2.22. The second-order valence-electron chi connectivity index (χ2n) is 8.28. The van der Waals surface area contributed by atoms with Crippen LogP contribution in [-0.2, 0) is 9.53 Å². The highest BCUT2D eigenvalue weighted by molar-refractivity contribution is 14.1. The fourth-order valence-corrected chi connectivity index (χ4v) is 6.23. The van der Waals surface area contributed by atoms with Crippen LogP contribution >= 0.6 is 45.2 Å². The lowest BCUT2D eigenvalue weighted by Crippen LogP contribution is -2.25. The molecule has 3 aromatic rings. The Morgan fingerprint density at radius 2 is 1.85 bits per heavy atom. The van der Waals surface area contributed by atoms with Crippen LogP contribution in [0.25, 0.3) is 10.9 Å². The Bertz CT molecular complexity index is 1280. The normalized spacial score (nSPS) is 15.5. The third-order valence-electron chi connectivity index (χ3n) is 5.92. The van der Waals surface area contributed by atoms with Crippen LogP contribution in [0, 0.1) is 7.14 Å². The molecule has 0 bridgehead atoms. The van der Waals surface area contributed by atoms with E-state index >= 15 is 0 Å². The smallest absolute Gasteiger partial charge is 0.346 e. The summed E-state index contributed by atoms with van der Waals surface area (Å²) < 4.78 is 13.7. The molecule has 9 heteroatoms. The van der Waals surface area contributed by atoms with Crippen molar-refractivity contribution in [2.75, 3.05) is 7.11 Å². The van der Waals surface area contributed by atoms with Crippen molar-refractivity contribution in [3.05, 3.63) is 65.3 Å². The molecule has 1 aromatic heterocycles. The van der Waals surface area contributed by atoms with Gasteiger partial charge in [-0.25, -0.2) is 9.78 Å². The fourth-order valence-electron chi connectivity index (χ4n) is 4.16. The molecule has 0 unspecified atom stereocenters. The van der Waals surface area contributed by atoms with Crippen LogP contribution in [0.4, 0.5) is 0 Å². The molecule has 0 amide bonds. The predicted octanol–water partition coefficient (Wildman–Crippen LogP) is 5.48. The number of para-hydroxylation sites is 1. The molecular weight excluding hydrogens is 660 g/mol. The number of fused-ring (bicyclic) bond motifs is 1. The van der Waals surface area contributed by atoms with E-state index in [9.17, 15) is 9.59 Å². The minimum absolute atomic E-state index is 0.154. The van der Waals surface area contributed by atoms with E-state index in [1.807, 2.05) is 30.3 Å². The van der Waals surface area contributed by atoms with Crippen LogP contribution in [-0.4, -0.2) is 35.1 Å². The largest absolute Gasteiger partial charge is 0.477 e. The van der Waals surface area contributed by atoms with Crippen LogP contribution < -0.4 is 10.3 Å². The van der Waals surface area contributed by atoms with Gasteiger partial charge < -0.3 is 9.47 Å². The predicted molar refractivity (Wildman–Crippen MR) is 149 cm³/mol. The van der Waals surface area contributed by atoms with Crippen molar-refractivity contribution in [2.45, 2.75) is 51.0 Å². The van der Waals surface area contributed by atoms with Gasteiger partial charge in [0, 0.05) is 5.92 Å². The second kappa shape index (κ2) is 11.1. The SMILES string of the molecule is COC(=O)[C@H](C)Oc1c(I)cc(C=Nn2c(C3CCCCC3)nc3ccccc3c2=O)cc1I. The average molecular weight is 685 g/mol. The number of hydrogen-bond acceptors (Lipinski definition) is 6. The second-order valence-corrected chi connectivity index (χ2v) is 10.6. The number of halogens is 2. The molecule has 1 heterocycles. The first-order valence-corrected chi connectivity index (χ1v) is 13.3. The van der Waals surface area contributed by atoms with Crippen molar-refractivity contribution < 1.29 is 14.3 Å². The molecule has 4 rings (SSSR count). The van der Waals surface area contributed by atoms with E-state index in [0.29, 0.717) is 16.7 Å². The number of rotatable bonds is 6. The van der Waals surface area contributed by atoms with Gasteiger partial charge in [0.05, 0.1) is 31.4 Å². The molecule has 1 fully saturated rings. The molecule has 1 aliphatic carbocycles. The van der Waals surface area contributed by atoms with Crippen LogP contribution in [0.1, 0.15) is 56.3 Å². The molecule has 0 N–H and O–H groups in total. The summed E-state index contributed by atoms with van der Waals surface area (Å²) in [6, 6.07) is 11.2. The Labute approximate surface area is 225 Å². The maximum atomic E-state index is 13.4. The third-order valence-corrected chi connectivity index (χ3v) is 7.52. The number of hydrogen-bond donors (Lipinski definition) is 0. The molecule has 0 spiro atoms. The van der Waals surface area contributed by atoms with Gasteiger partial charge in [0.1, 0.15) is 11.6 Å². The minimum Gasteiger partial charge on any atom is -0.477 e. The number of benzene rings is 2. The van der Waals surface area contributed by atoms with Gasteiger partial charge in [-0.1, -0.05) is 31.4 Å². The van der Waals surface area contributed by atoms with Crippen molar-refractivity contribution >= 4 is 68.3 Å². The van der Waals surface area contributed by atoms with Gasteiger partial charge in [-0.2, -0.15) is 9.78 Å². The molecule has 0 radical (unpaired) electrons. The van der Waals surface area contributed by atoms with E-state index in [0.717, 1.165) is 44.2 Å². The monoisotopic (exact) mass is 685 g/mol. The van der Waals surface area contributed by atoms with Gasteiger partial charge >= 0.3 is 5.97 Å². The van der Waals surface area contributed by atoms with Crippen molar-refractivity contribution in [3.8, 4) is 5.75 Å². The number of carbonyl (C=O) groups is 1. The Balaban J connectivity index is 1.71. The highest BCUT2D eigenvalue weighted by atomic mass is 127. The number of ether oxygens (including phenoxy) is 2. The summed E-state index contributed by atoms with van der Waals surface area (Å²) in [7, 11) is 1.34. The van der Waals surface area contributed by atoms with Crippen LogP contribution in [0.5, 0.6) is 5.75 Å². The Morgan fingerprint density at radius 1 is 1.18 bits per heavy atom. The number of nitrogens with zero attached hydrogens (tertiary/aromatic N) is 3. The van der Waals surface area contributed by atoms with Crippen molar-refractivity contribution in [3.63, 3.8) is 0 Å². The summed E-state index contributed by atoms with van der Waals surface area (Å²) in [5, 5.41) is 5.17. The first-order chi connectivity index (χ1) is 16.4. The maximum Gasteiger partial charge on any atom is 0.346 e. The van der Waals surface area contributed by atoms with Crippen LogP contribution in [0.2, 0.25) is 0 Å². The number of esters is 1. The molecular formula is C25H25I2N3O4. The lowest BCUT2D eigenvalue weighted by atomic mass is 9.88. The summed E-state index contributed by atoms with van der Waals surface area (Å²) in [6.07, 6.45) is 6.49. The van der Waals surface area contributed by atoms with E-state index in [1.165, 1.54) is 18.2 Å². The Kier molecular flexibility index (Phi) is 8.22. The lowest BCUT2D eigenvalue weighted by molar-refractivity contribution is -0.147. The average Bonchev–Trinajstić information content (AvgIpc) is 2.85. The first-order valence-electron chi connectivity index (χ1n) is 11.2. The maximum absolute atomic E-state index is 13.4. The summed E-state index contributed by atoms with van der Waals surface area (Å²) in [5.74, 6) is 1.13. The van der Waals surface area contributed by atoms with E-state index in [2.05, 4.69) is 50.3 Å². The van der Waals surface area contributed by atoms with E-state index in [1.54, 1.807) is 19.2 Å². The molecule has 1 saturated carbocycles. The molecule has 34 heavy (non-hydrogen) atoms. The van der Waals surface area contributed by atoms with Gasteiger partial charge in [-0.15, -0.1) is 0 Å². The van der Waals surface area contributed by atoms with Gasteiger partial charge in [-0.05, 0) is 94.8 Å². The zero-order valence-corrected chi connectivity index (χ0v) is 23.3. The molecule has 1 aliphatic rings. The van der Waals surface area contributed by atoms with Crippen molar-refractivity contribution in [2.24, 2.45) is 5.10 Å². The van der Waals surface area contributed by atoms with Crippen molar-refractivity contribution in [1.29, 1.82) is 0 Å². The summed E-state index contributed by atoms with van der Waals surface area (Å²) >= 11 is 4.34. The molecule has 2 aromatic carbocycles. The van der Waals surface area contributed by atoms with E-state index in [4.69, 9.17) is 14.5 Å². The van der Waals surface area contributed by atoms with Crippen LogP contribution in [0.3, 0.4) is 0 Å². The number of carbonyl (C=O) groups excluding carboxylic acids is 1. The highest BCUT2D eigenvalue weighted by Crippen LogP contribution is 2.32. The Morgan fingerprint density at radius 3 is 2.53 bits per heavy atom.